The van der Waals surface area contributed by atoms with Crippen LogP contribution in [0, 0.1) is 0 Å². The maximum Gasteiger partial charge on any atom is 0.254 e. The predicted octanol–water partition coefficient (Wildman–Crippen LogP) is 4.02. The third-order valence-corrected chi connectivity index (χ3v) is 6.34. The number of amides is 1. The average Bonchev–Trinajstić information content (AvgIpc) is 3.02. The molecule has 0 radical (unpaired) electrons. The molecule has 0 saturated carbocycles. The van der Waals surface area contributed by atoms with Crippen molar-refractivity contribution in [2.45, 2.75) is 43.7 Å². The van der Waals surface area contributed by atoms with E-state index in [9.17, 15) is 4.79 Å². The van der Waals surface area contributed by atoms with Crippen LogP contribution in [0.3, 0.4) is 0 Å². The van der Waals surface area contributed by atoms with Crippen molar-refractivity contribution in [2.24, 2.45) is 0 Å². The molecule has 0 N–H and O–H groups in total. The molecule has 0 spiro atoms. The van der Waals surface area contributed by atoms with Crippen LogP contribution in [0.2, 0.25) is 0 Å². The Hall–Kier alpha value is -2.69. The van der Waals surface area contributed by atoms with Crippen molar-refractivity contribution in [1.82, 2.24) is 4.90 Å². The fourth-order valence-electron chi connectivity index (χ4n) is 5.09. The van der Waals surface area contributed by atoms with Crippen molar-refractivity contribution in [3.63, 3.8) is 0 Å². The number of nitrogens with zero attached hydrogens (tertiary/aromatic N) is 1. The molecule has 3 heterocycles. The smallest absolute Gasteiger partial charge is 0.254 e. The molecule has 5 heteroatoms. The molecule has 2 aromatic rings. The van der Waals surface area contributed by atoms with Crippen LogP contribution in [0.25, 0.3) is 0 Å². The molecule has 0 aliphatic carbocycles. The zero-order chi connectivity index (χ0) is 19.1. The molecular formula is C23H25NO4. The summed E-state index contributed by atoms with van der Waals surface area (Å²) in [6.07, 6.45) is 4.14. The number of carbonyl (C=O) groups is 1. The molecule has 2 saturated heterocycles. The topological polar surface area (TPSA) is 48.0 Å². The van der Waals surface area contributed by atoms with E-state index in [2.05, 4.69) is 17.0 Å². The Labute approximate surface area is 165 Å². The molecule has 28 heavy (non-hydrogen) atoms. The molecule has 3 aliphatic heterocycles. The van der Waals surface area contributed by atoms with Gasteiger partial charge in [0.25, 0.3) is 5.91 Å². The Morgan fingerprint density at radius 1 is 1.00 bits per heavy atom. The highest BCUT2D eigenvalue weighted by Gasteiger charge is 2.44. The molecule has 2 bridgehead atoms. The van der Waals surface area contributed by atoms with Crippen molar-refractivity contribution in [1.29, 1.82) is 0 Å². The molecule has 1 amide bonds. The Bertz CT molecular complexity index is 882. The fourth-order valence-corrected chi connectivity index (χ4v) is 5.09. The first kappa shape index (κ1) is 17.4. The van der Waals surface area contributed by atoms with Crippen LogP contribution in [-0.4, -0.2) is 43.2 Å². The van der Waals surface area contributed by atoms with Gasteiger partial charge in [0.15, 0.2) is 11.5 Å². The number of piperidine rings is 1. The van der Waals surface area contributed by atoms with Crippen LogP contribution in [0.4, 0.5) is 0 Å². The minimum atomic E-state index is 0.114. The fraction of sp³-hybridized carbons (Fsp3) is 0.435. The zero-order valence-corrected chi connectivity index (χ0v) is 16.1. The van der Waals surface area contributed by atoms with E-state index >= 15 is 0 Å². The monoisotopic (exact) mass is 379 g/mol. The summed E-state index contributed by atoms with van der Waals surface area (Å²) in [5, 5.41) is 0. The molecule has 0 aromatic heterocycles. The van der Waals surface area contributed by atoms with Crippen LogP contribution >= 0.6 is 0 Å². The molecule has 5 nitrogen and oxygen atoms in total. The second-order valence-corrected chi connectivity index (χ2v) is 7.87. The second-order valence-electron chi connectivity index (χ2n) is 7.87. The second kappa shape index (κ2) is 7.04. The first-order valence-electron chi connectivity index (χ1n) is 10.1. The van der Waals surface area contributed by atoms with Gasteiger partial charge in [-0.2, -0.15) is 0 Å². The summed E-state index contributed by atoms with van der Waals surface area (Å²) >= 11 is 0. The number of benzene rings is 2. The van der Waals surface area contributed by atoms with E-state index in [4.69, 9.17) is 14.2 Å². The number of carbonyl (C=O) groups excluding carboxylic acids is 1. The highest BCUT2D eigenvalue weighted by Crippen LogP contribution is 2.46. The predicted molar refractivity (Wildman–Crippen MR) is 105 cm³/mol. The Balaban J connectivity index is 1.37. The van der Waals surface area contributed by atoms with Crippen LogP contribution in [0.15, 0.2) is 42.5 Å². The molecule has 5 rings (SSSR count). The van der Waals surface area contributed by atoms with Gasteiger partial charge in [-0.15, -0.1) is 0 Å². The highest BCUT2D eigenvalue weighted by atomic mass is 16.6. The molecule has 3 atom stereocenters. The highest BCUT2D eigenvalue weighted by molar-refractivity contribution is 5.95. The number of para-hydroxylation sites is 1. The summed E-state index contributed by atoms with van der Waals surface area (Å²) in [5.41, 5.74) is 1.96. The first-order chi connectivity index (χ1) is 13.7. The van der Waals surface area contributed by atoms with Gasteiger partial charge in [0.1, 0.15) is 19.0 Å². The minimum Gasteiger partial charge on any atom is -0.496 e. The van der Waals surface area contributed by atoms with E-state index in [0.717, 1.165) is 37.2 Å². The number of methoxy groups -OCH3 is 1. The van der Waals surface area contributed by atoms with Gasteiger partial charge in [0.05, 0.1) is 7.11 Å². The molecule has 2 aromatic carbocycles. The first-order valence-corrected chi connectivity index (χ1v) is 10.1. The van der Waals surface area contributed by atoms with Gasteiger partial charge in [-0.1, -0.05) is 18.2 Å². The lowest BCUT2D eigenvalue weighted by Gasteiger charge is -2.39. The summed E-state index contributed by atoms with van der Waals surface area (Å²) < 4.78 is 16.8. The lowest BCUT2D eigenvalue weighted by atomic mass is 9.84. The lowest BCUT2D eigenvalue weighted by Crippen LogP contribution is -2.46. The van der Waals surface area contributed by atoms with E-state index in [-0.39, 0.29) is 18.0 Å². The van der Waals surface area contributed by atoms with Crippen molar-refractivity contribution < 1.29 is 19.0 Å². The standard InChI is InChI=1S/C23H25NO4/c1-26-20-5-3-2-4-19(20)16-12-17-7-8-18(13-16)24(17)23(25)15-6-9-21-22(14-15)28-11-10-27-21/h2-6,9,14,16-18H,7-8,10-13H2,1H3/t16-,17+,18-. The Morgan fingerprint density at radius 2 is 1.71 bits per heavy atom. The van der Waals surface area contributed by atoms with E-state index in [0.29, 0.717) is 30.4 Å². The molecule has 3 aliphatic rings. The van der Waals surface area contributed by atoms with E-state index in [1.54, 1.807) is 7.11 Å². The average molecular weight is 379 g/mol. The van der Waals surface area contributed by atoms with Gasteiger partial charge >= 0.3 is 0 Å². The normalized spacial score (nSPS) is 25.5. The van der Waals surface area contributed by atoms with Crippen molar-refractivity contribution >= 4 is 5.91 Å². The van der Waals surface area contributed by atoms with Crippen molar-refractivity contribution in [3.05, 3.63) is 53.6 Å². The van der Waals surface area contributed by atoms with Crippen LogP contribution < -0.4 is 14.2 Å². The van der Waals surface area contributed by atoms with Gasteiger partial charge < -0.3 is 19.1 Å². The maximum absolute atomic E-state index is 13.3. The molecule has 146 valence electrons. The lowest BCUT2D eigenvalue weighted by molar-refractivity contribution is 0.0569. The summed E-state index contributed by atoms with van der Waals surface area (Å²) in [5.74, 6) is 2.91. The summed E-state index contributed by atoms with van der Waals surface area (Å²) in [7, 11) is 1.73. The zero-order valence-electron chi connectivity index (χ0n) is 16.1. The van der Waals surface area contributed by atoms with E-state index < -0.39 is 0 Å². The summed E-state index contributed by atoms with van der Waals surface area (Å²) in [6.45, 7) is 1.08. The third-order valence-electron chi connectivity index (χ3n) is 6.34. The number of ether oxygens (including phenoxy) is 3. The van der Waals surface area contributed by atoms with Gasteiger partial charge in [-0.3, -0.25) is 4.79 Å². The molecule has 2 fully saturated rings. The largest absolute Gasteiger partial charge is 0.496 e. The van der Waals surface area contributed by atoms with E-state index in [1.165, 1.54) is 5.56 Å². The minimum absolute atomic E-state index is 0.114. The summed E-state index contributed by atoms with van der Waals surface area (Å²) in [4.78, 5) is 15.4. The molecular weight excluding hydrogens is 354 g/mol. The Morgan fingerprint density at radius 3 is 2.46 bits per heavy atom. The van der Waals surface area contributed by atoms with Gasteiger partial charge in [0.2, 0.25) is 0 Å². The van der Waals surface area contributed by atoms with Crippen molar-refractivity contribution in [3.8, 4) is 17.2 Å². The van der Waals surface area contributed by atoms with Gasteiger partial charge in [-0.25, -0.2) is 0 Å². The van der Waals surface area contributed by atoms with Crippen molar-refractivity contribution in [2.75, 3.05) is 20.3 Å². The van der Waals surface area contributed by atoms with Gasteiger partial charge in [-0.05, 0) is 61.4 Å². The SMILES string of the molecule is COc1ccccc1[C@H]1C[C@H]2CC[C@@H](C1)N2C(=O)c1ccc2c(c1)OCCO2. The summed E-state index contributed by atoms with van der Waals surface area (Å²) in [6, 6.07) is 14.4. The number of fused-ring (bicyclic) bond motifs is 3. The van der Waals surface area contributed by atoms with Crippen LogP contribution in [0.1, 0.15) is 47.5 Å². The quantitative estimate of drug-likeness (QED) is 0.808. The number of hydrogen-bond acceptors (Lipinski definition) is 4. The number of hydrogen-bond donors (Lipinski definition) is 0. The number of rotatable bonds is 3. The van der Waals surface area contributed by atoms with E-state index in [1.807, 2.05) is 30.3 Å². The Kier molecular flexibility index (Phi) is 4.38. The molecule has 0 unspecified atom stereocenters. The third kappa shape index (κ3) is 2.89. The van der Waals surface area contributed by atoms with Crippen LogP contribution in [-0.2, 0) is 0 Å². The maximum atomic E-state index is 13.3. The van der Waals surface area contributed by atoms with Gasteiger partial charge in [0, 0.05) is 17.6 Å². The van der Waals surface area contributed by atoms with Crippen LogP contribution in [0.5, 0.6) is 17.2 Å².